The van der Waals surface area contributed by atoms with Crippen LogP contribution in [0.3, 0.4) is 0 Å². The maximum absolute atomic E-state index is 10.7. The van der Waals surface area contributed by atoms with Crippen LogP contribution in [0.2, 0.25) is 0 Å². The quantitative estimate of drug-likeness (QED) is 0.631. The van der Waals surface area contributed by atoms with E-state index in [2.05, 4.69) is 12.2 Å². The molecule has 1 N–H and O–H groups in total. The van der Waals surface area contributed by atoms with E-state index in [1.165, 1.54) is 6.42 Å². The fourth-order valence-electron chi connectivity index (χ4n) is 1.52. The van der Waals surface area contributed by atoms with Gasteiger partial charge in [-0.05, 0) is 12.3 Å². The zero-order valence-electron chi connectivity index (χ0n) is 6.58. The summed E-state index contributed by atoms with van der Waals surface area (Å²) >= 11 is 0. The molecule has 0 aromatic heterocycles. The predicted octanol–water partition coefficient (Wildman–Crippen LogP) is -0.219. The Morgan fingerprint density at radius 1 is 1.36 bits per heavy atom. The first kappa shape index (κ1) is 7.55. The monoisotopic (exact) mass is 175 g/mol. The van der Waals surface area contributed by atoms with Crippen molar-refractivity contribution in [2.24, 2.45) is 5.92 Å². The van der Waals surface area contributed by atoms with Crippen LogP contribution in [0.4, 0.5) is 0 Å². The van der Waals surface area contributed by atoms with E-state index in [0.717, 1.165) is 5.92 Å². The maximum Gasteiger partial charge on any atom is 0.153 e. The van der Waals surface area contributed by atoms with Crippen LogP contribution in [-0.2, 0) is 9.84 Å². The second-order valence-corrected chi connectivity index (χ2v) is 5.91. The molecular weight excluding hydrogens is 162 g/mol. The van der Waals surface area contributed by atoms with Gasteiger partial charge in [-0.3, -0.25) is 0 Å². The van der Waals surface area contributed by atoms with Gasteiger partial charge >= 0.3 is 0 Å². The van der Waals surface area contributed by atoms with Crippen LogP contribution < -0.4 is 5.32 Å². The van der Waals surface area contributed by atoms with Crippen molar-refractivity contribution in [3.05, 3.63) is 0 Å². The summed E-state index contributed by atoms with van der Waals surface area (Å²) in [5, 5.41) is 3.32. The summed E-state index contributed by atoms with van der Waals surface area (Å²) in [6, 6.07) is 0.866. The zero-order valence-corrected chi connectivity index (χ0v) is 7.39. The lowest BCUT2D eigenvalue weighted by Gasteiger charge is -2.26. The lowest BCUT2D eigenvalue weighted by molar-refractivity contribution is 0.502. The van der Waals surface area contributed by atoms with E-state index in [9.17, 15) is 8.42 Å². The van der Waals surface area contributed by atoms with Gasteiger partial charge in [-0.2, -0.15) is 0 Å². The van der Waals surface area contributed by atoms with E-state index >= 15 is 0 Å². The lowest BCUT2D eigenvalue weighted by Crippen LogP contribution is -2.51. The smallest absolute Gasteiger partial charge is 0.153 e. The minimum absolute atomic E-state index is 0.259. The van der Waals surface area contributed by atoms with E-state index in [-0.39, 0.29) is 6.04 Å². The van der Waals surface area contributed by atoms with Crippen LogP contribution in [0.15, 0.2) is 0 Å². The van der Waals surface area contributed by atoms with Crippen molar-refractivity contribution in [2.45, 2.75) is 25.4 Å². The Morgan fingerprint density at radius 2 is 1.91 bits per heavy atom. The van der Waals surface area contributed by atoms with Crippen molar-refractivity contribution >= 4 is 9.84 Å². The Balaban J connectivity index is 1.76. The fourth-order valence-corrected chi connectivity index (χ4v) is 2.84. The summed E-state index contributed by atoms with van der Waals surface area (Å²) in [4.78, 5) is 0. The molecule has 2 atom stereocenters. The molecule has 0 amide bonds. The zero-order chi connectivity index (χ0) is 8.06. The molecule has 1 aliphatic heterocycles. The molecule has 0 spiro atoms. The Kier molecular flexibility index (Phi) is 1.51. The highest BCUT2D eigenvalue weighted by Crippen LogP contribution is 2.30. The molecular formula is C7H13NO2S. The van der Waals surface area contributed by atoms with Gasteiger partial charge in [-0.15, -0.1) is 0 Å². The standard InChI is InChI=1S/C7H13NO2S/c1-5-2-7(5)8-6-3-11(9,10)4-6/h5-8H,2-4H2,1H3. The fraction of sp³-hybridized carbons (Fsp3) is 1.00. The van der Waals surface area contributed by atoms with Crippen LogP contribution in [0.25, 0.3) is 0 Å². The first-order valence-corrected chi connectivity index (χ1v) is 5.85. The van der Waals surface area contributed by atoms with Crippen molar-refractivity contribution in [3.63, 3.8) is 0 Å². The van der Waals surface area contributed by atoms with Crippen LogP contribution in [0.1, 0.15) is 13.3 Å². The first-order chi connectivity index (χ1) is 5.07. The Bertz CT molecular complexity index is 248. The Labute approximate surface area is 67.1 Å². The molecule has 2 rings (SSSR count). The normalized spacial score (nSPS) is 41.5. The summed E-state index contributed by atoms with van der Waals surface area (Å²) < 4.78 is 21.5. The van der Waals surface area contributed by atoms with Crippen LogP contribution >= 0.6 is 0 Å². The van der Waals surface area contributed by atoms with Crippen LogP contribution in [-0.4, -0.2) is 32.0 Å². The predicted molar refractivity (Wildman–Crippen MR) is 43.1 cm³/mol. The number of sulfone groups is 1. The molecule has 1 saturated heterocycles. The molecule has 2 aliphatic rings. The summed E-state index contributed by atoms with van der Waals surface area (Å²) in [6.45, 7) is 2.19. The van der Waals surface area contributed by atoms with Crippen molar-refractivity contribution < 1.29 is 8.42 Å². The molecule has 0 radical (unpaired) electrons. The summed E-state index contributed by atoms with van der Waals surface area (Å²) in [5.74, 6) is 1.48. The van der Waals surface area contributed by atoms with E-state index in [1.807, 2.05) is 0 Å². The highest BCUT2D eigenvalue weighted by atomic mass is 32.2. The van der Waals surface area contributed by atoms with E-state index in [0.29, 0.717) is 17.5 Å². The number of nitrogens with one attached hydrogen (secondary N) is 1. The molecule has 0 bridgehead atoms. The molecule has 1 heterocycles. The second-order valence-electron chi connectivity index (χ2n) is 3.76. The highest BCUT2D eigenvalue weighted by Gasteiger charge is 2.40. The van der Waals surface area contributed by atoms with Crippen molar-refractivity contribution in [1.29, 1.82) is 0 Å². The average molecular weight is 175 g/mol. The molecule has 1 aliphatic carbocycles. The van der Waals surface area contributed by atoms with E-state index in [1.54, 1.807) is 0 Å². The maximum atomic E-state index is 10.7. The third-order valence-corrected chi connectivity index (χ3v) is 4.29. The number of hydrogen-bond donors (Lipinski definition) is 1. The molecule has 3 nitrogen and oxygen atoms in total. The number of rotatable bonds is 2. The van der Waals surface area contributed by atoms with Gasteiger partial charge in [0.2, 0.25) is 0 Å². The third-order valence-electron chi connectivity index (χ3n) is 2.47. The third kappa shape index (κ3) is 1.56. The van der Waals surface area contributed by atoms with Gasteiger partial charge in [0.05, 0.1) is 11.5 Å². The molecule has 2 fully saturated rings. The minimum atomic E-state index is -2.63. The van der Waals surface area contributed by atoms with Gasteiger partial charge in [0.1, 0.15) is 0 Å². The minimum Gasteiger partial charge on any atom is -0.309 e. The van der Waals surface area contributed by atoms with Gasteiger partial charge in [0.15, 0.2) is 9.84 Å². The molecule has 64 valence electrons. The van der Waals surface area contributed by atoms with Gasteiger partial charge in [0, 0.05) is 12.1 Å². The molecule has 0 aromatic rings. The van der Waals surface area contributed by atoms with Gasteiger partial charge in [-0.1, -0.05) is 6.92 Å². The topological polar surface area (TPSA) is 46.2 Å². The summed E-state index contributed by atoms with van der Waals surface area (Å²) in [6.07, 6.45) is 1.22. The van der Waals surface area contributed by atoms with Crippen molar-refractivity contribution in [3.8, 4) is 0 Å². The van der Waals surface area contributed by atoms with Crippen molar-refractivity contribution in [2.75, 3.05) is 11.5 Å². The van der Waals surface area contributed by atoms with Crippen LogP contribution in [0, 0.1) is 5.92 Å². The molecule has 1 saturated carbocycles. The molecule has 11 heavy (non-hydrogen) atoms. The summed E-state index contributed by atoms with van der Waals surface area (Å²) in [5.41, 5.74) is 0. The van der Waals surface area contributed by atoms with Gasteiger partial charge in [0.25, 0.3) is 0 Å². The van der Waals surface area contributed by atoms with Gasteiger partial charge < -0.3 is 5.32 Å². The lowest BCUT2D eigenvalue weighted by atomic mass is 10.3. The van der Waals surface area contributed by atoms with Crippen LogP contribution in [0.5, 0.6) is 0 Å². The van der Waals surface area contributed by atoms with Gasteiger partial charge in [-0.25, -0.2) is 8.42 Å². The second kappa shape index (κ2) is 2.20. The first-order valence-electron chi connectivity index (χ1n) is 4.03. The van der Waals surface area contributed by atoms with E-state index in [4.69, 9.17) is 0 Å². The summed E-state index contributed by atoms with van der Waals surface area (Å²) in [7, 11) is -2.63. The largest absolute Gasteiger partial charge is 0.309 e. The number of hydrogen-bond acceptors (Lipinski definition) is 3. The van der Waals surface area contributed by atoms with Crippen molar-refractivity contribution in [1.82, 2.24) is 5.32 Å². The van der Waals surface area contributed by atoms with E-state index < -0.39 is 9.84 Å². The SMILES string of the molecule is CC1CC1NC1CS(=O)(=O)C1. The highest BCUT2D eigenvalue weighted by molar-refractivity contribution is 7.92. The average Bonchev–Trinajstić information content (AvgIpc) is 2.42. The Hall–Kier alpha value is -0.0900. The molecule has 2 unspecified atom stereocenters. The molecule has 0 aromatic carbocycles. The molecule has 4 heteroatoms. The Morgan fingerprint density at radius 3 is 2.27 bits per heavy atom.